The van der Waals surface area contributed by atoms with Crippen LogP contribution in [0.1, 0.15) is 49.8 Å². The summed E-state index contributed by atoms with van der Waals surface area (Å²) in [6.07, 6.45) is 4.49. The van der Waals surface area contributed by atoms with Gasteiger partial charge in [-0.3, -0.25) is 0 Å². The first-order valence-electron chi connectivity index (χ1n) is 7.49. The Morgan fingerprint density at radius 1 is 0.900 bits per heavy atom. The van der Waals surface area contributed by atoms with E-state index in [0.29, 0.717) is 17.4 Å². The molecule has 0 amide bonds. The van der Waals surface area contributed by atoms with Crippen LogP contribution >= 0.6 is 0 Å². The van der Waals surface area contributed by atoms with Crippen molar-refractivity contribution in [3.63, 3.8) is 0 Å². The molecule has 2 aromatic carbocycles. The molecule has 0 aliphatic carbocycles. The van der Waals surface area contributed by atoms with E-state index in [2.05, 4.69) is 13.0 Å². The van der Waals surface area contributed by atoms with Crippen molar-refractivity contribution in [3.8, 4) is 0 Å². The number of benzene rings is 2. The zero-order valence-corrected chi connectivity index (χ0v) is 12.5. The number of rotatable bonds is 5. The van der Waals surface area contributed by atoms with Crippen LogP contribution in [0, 0.1) is 18.6 Å². The molecule has 0 atom stereocenters. The highest BCUT2D eigenvalue weighted by molar-refractivity contribution is 5.88. The average molecular weight is 276 g/mol. The fraction of sp³-hybridized carbons (Fsp3) is 0.444. The number of fused-ring (bicyclic) bond motifs is 1. The second kappa shape index (κ2) is 6.34. The van der Waals surface area contributed by atoms with Gasteiger partial charge in [0, 0.05) is 5.39 Å². The minimum atomic E-state index is -0.679. The smallest absolute Gasteiger partial charge is 0.167 e. The van der Waals surface area contributed by atoms with Crippen LogP contribution in [-0.4, -0.2) is 0 Å². The first-order valence-corrected chi connectivity index (χ1v) is 7.49. The standard InChI is InChI=1S/C18H22F2/c1-4-6-8-13-9-10-14-11-15(7-5-2)17(19)18(20)16(14)12(13)3/h9-11H,4-8H2,1-3H3. The summed E-state index contributed by atoms with van der Waals surface area (Å²) in [4.78, 5) is 0. The van der Waals surface area contributed by atoms with Crippen molar-refractivity contribution in [2.24, 2.45) is 0 Å². The van der Waals surface area contributed by atoms with Crippen molar-refractivity contribution < 1.29 is 8.78 Å². The molecule has 0 unspecified atom stereocenters. The van der Waals surface area contributed by atoms with Gasteiger partial charge >= 0.3 is 0 Å². The largest absolute Gasteiger partial charge is 0.203 e. The second-order valence-electron chi connectivity index (χ2n) is 5.47. The molecule has 0 radical (unpaired) electrons. The minimum Gasteiger partial charge on any atom is -0.203 e. The molecule has 0 heterocycles. The van der Waals surface area contributed by atoms with Gasteiger partial charge in [0.1, 0.15) is 0 Å². The van der Waals surface area contributed by atoms with Crippen molar-refractivity contribution in [1.29, 1.82) is 0 Å². The second-order valence-corrected chi connectivity index (χ2v) is 5.47. The highest BCUT2D eigenvalue weighted by Crippen LogP contribution is 2.29. The molecule has 0 saturated carbocycles. The molecular weight excluding hydrogens is 254 g/mol. The first-order chi connectivity index (χ1) is 9.60. The van der Waals surface area contributed by atoms with Crippen LogP contribution in [0.4, 0.5) is 8.78 Å². The van der Waals surface area contributed by atoms with E-state index in [1.807, 2.05) is 19.9 Å². The monoisotopic (exact) mass is 276 g/mol. The molecule has 0 bridgehead atoms. The van der Waals surface area contributed by atoms with Crippen LogP contribution in [0.2, 0.25) is 0 Å². The first kappa shape index (κ1) is 15.0. The summed E-state index contributed by atoms with van der Waals surface area (Å²) in [5, 5.41) is 1.26. The summed E-state index contributed by atoms with van der Waals surface area (Å²) in [5.41, 5.74) is 2.49. The minimum absolute atomic E-state index is 0.455. The maximum Gasteiger partial charge on any atom is 0.167 e. The van der Waals surface area contributed by atoms with Gasteiger partial charge in [0.25, 0.3) is 0 Å². The van der Waals surface area contributed by atoms with E-state index >= 15 is 0 Å². The third-order valence-corrected chi connectivity index (χ3v) is 3.95. The predicted molar refractivity (Wildman–Crippen MR) is 81.2 cm³/mol. The Kier molecular flexibility index (Phi) is 4.74. The lowest BCUT2D eigenvalue weighted by Gasteiger charge is -2.13. The fourth-order valence-electron chi connectivity index (χ4n) is 2.78. The summed E-state index contributed by atoms with van der Waals surface area (Å²) in [6, 6.07) is 5.78. The maximum absolute atomic E-state index is 14.4. The van der Waals surface area contributed by atoms with Crippen LogP contribution < -0.4 is 0 Å². The van der Waals surface area contributed by atoms with E-state index in [4.69, 9.17) is 0 Å². The molecule has 20 heavy (non-hydrogen) atoms. The Labute approximate surface area is 119 Å². The van der Waals surface area contributed by atoms with Gasteiger partial charge in [-0.25, -0.2) is 8.78 Å². The van der Waals surface area contributed by atoms with E-state index < -0.39 is 11.6 Å². The number of hydrogen-bond donors (Lipinski definition) is 0. The lowest BCUT2D eigenvalue weighted by atomic mass is 9.94. The van der Waals surface area contributed by atoms with Crippen LogP contribution in [0.5, 0.6) is 0 Å². The Balaban J connectivity index is 2.60. The molecule has 0 nitrogen and oxygen atoms in total. The molecule has 2 heteroatoms. The molecular formula is C18H22F2. The Hall–Kier alpha value is -1.44. The van der Waals surface area contributed by atoms with Gasteiger partial charge in [-0.05, 0) is 54.3 Å². The highest BCUT2D eigenvalue weighted by atomic mass is 19.2. The zero-order valence-electron chi connectivity index (χ0n) is 12.5. The van der Waals surface area contributed by atoms with Gasteiger partial charge in [-0.2, -0.15) is 0 Å². The van der Waals surface area contributed by atoms with Gasteiger partial charge in [-0.1, -0.05) is 38.8 Å². The lowest BCUT2D eigenvalue weighted by Crippen LogP contribution is -1.99. The molecule has 0 fully saturated rings. The van der Waals surface area contributed by atoms with E-state index in [0.717, 1.165) is 42.2 Å². The number of unbranched alkanes of at least 4 members (excludes halogenated alkanes) is 1. The maximum atomic E-state index is 14.4. The topological polar surface area (TPSA) is 0 Å². The van der Waals surface area contributed by atoms with Crippen LogP contribution in [0.3, 0.4) is 0 Å². The van der Waals surface area contributed by atoms with Crippen molar-refractivity contribution in [1.82, 2.24) is 0 Å². The number of halogens is 2. The molecule has 0 aliphatic rings. The zero-order chi connectivity index (χ0) is 14.7. The third kappa shape index (κ3) is 2.70. The van der Waals surface area contributed by atoms with E-state index in [1.165, 1.54) is 0 Å². The predicted octanol–water partition coefficient (Wildman–Crippen LogP) is 5.72. The fourth-order valence-corrected chi connectivity index (χ4v) is 2.78. The molecule has 0 aliphatic heterocycles. The van der Waals surface area contributed by atoms with Crippen molar-refractivity contribution in [2.45, 2.75) is 52.9 Å². The summed E-state index contributed by atoms with van der Waals surface area (Å²) < 4.78 is 28.5. The summed E-state index contributed by atoms with van der Waals surface area (Å²) >= 11 is 0. The average Bonchev–Trinajstić information content (AvgIpc) is 2.43. The molecule has 2 rings (SSSR count). The van der Waals surface area contributed by atoms with Crippen LogP contribution in [-0.2, 0) is 12.8 Å². The van der Waals surface area contributed by atoms with Gasteiger partial charge in [0.05, 0.1) is 0 Å². The quantitative estimate of drug-likeness (QED) is 0.655. The molecule has 0 N–H and O–H groups in total. The van der Waals surface area contributed by atoms with Gasteiger partial charge < -0.3 is 0 Å². The number of hydrogen-bond acceptors (Lipinski definition) is 0. The van der Waals surface area contributed by atoms with E-state index in [-0.39, 0.29) is 0 Å². The number of aryl methyl sites for hydroxylation is 3. The molecule has 108 valence electrons. The molecule has 0 spiro atoms. The Morgan fingerprint density at radius 2 is 1.65 bits per heavy atom. The van der Waals surface area contributed by atoms with E-state index in [9.17, 15) is 8.78 Å². The SMILES string of the molecule is CCCCc1ccc2cc(CCC)c(F)c(F)c2c1C. The normalized spacial score (nSPS) is 11.2. The lowest BCUT2D eigenvalue weighted by molar-refractivity contribution is 0.506. The van der Waals surface area contributed by atoms with E-state index in [1.54, 1.807) is 6.07 Å². The third-order valence-electron chi connectivity index (χ3n) is 3.95. The van der Waals surface area contributed by atoms with Crippen molar-refractivity contribution in [2.75, 3.05) is 0 Å². The molecule has 0 aromatic heterocycles. The van der Waals surface area contributed by atoms with Crippen molar-refractivity contribution >= 4 is 10.8 Å². The van der Waals surface area contributed by atoms with Gasteiger partial charge in [0.2, 0.25) is 0 Å². The van der Waals surface area contributed by atoms with Crippen LogP contribution in [0.15, 0.2) is 18.2 Å². The van der Waals surface area contributed by atoms with Crippen LogP contribution in [0.25, 0.3) is 10.8 Å². The summed E-state index contributed by atoms with van der Waals surface area (Å²) in [5.74, 6) is -1.35. The van der Waals surface area contributed by atoms with Gasteiger partial charge in [0.15, 0.2) is 11.6 Å². The van der Waals surface area contributed by atoms with Crippen molar-refractivity contribution in [3.05, 3.63) is 46.5 Å². The highest BCUT2D eigenvalue weighted by Gasteiger charge is 2.16. The summed E-state index contributed by atoms with van der Waals surface area (Å²) in [7, 11) is 0. The van der Waals surface area contributed by atoms with Gasteiger partial charge in [-0.15, -0.1) is 0 Å². The molecule has 2 aromatic rings. The molecule has 0 saturated heterocycles. The Bertz CT molecular complexity index is 615. The Morgan fingerprint density at radius 3 is 2.30 bits per heavy atom. The summed E-state index contributed by atoms with van der Waals surface area (Å²) in [6.45, 7) is 6.00.